The molecule has 112 heavy (non-hydrogen) atoms. The van der Waals surface area contributed by atoms with E-state index in [9.17, 15) is 0 Å². The van der Waals surface area contributed by atoms with Crippen LogP contribution in [0, 0.1) is 0 Å². The van der Waals surface area contributed by atoms with Crippen LogP contribution in [0.5, 0.6) is 0 Å². The molecule has 6 nitrogen and oxygen atoms in total. The van der Waals surface area contributed by atoms with Crippen LogP contribution in [0.2, 0.25) is 0 Å². The number of aromatic nitrogens is 6. The van der Waals surface area contributed by atoms with E-state index in [1.54, 1.807) is 0 Å². The van der Waals surface area contributed by atoms with Crippen molar-refractivity contribution < 1.29 is 0 Å². The molecule has 520 valence electrons. The SMILES string of the molecule is c1ccc(-c2cc(-c3ccc(-c4ccc5nc(-c6ccc7c8ccccc8c8ccccc8c7c6)c6c7ccccc7sc6c5c4)cc3)nc(-c3ccccc3)n2)cc1.c1ccc(-c2cc(-c3ccccc3)nc(-c3cccc4nc(-c5ccc6c7ccccc7c7ccccc7c6c5)c5c6ccccc6sc5c34)n2)cc1. The number of rotatable bonds is 9. The topological polar surface area (TPSA) is 77.3 Å². The highest BCUT2D eigenvalue weighted by atomic mass is 32.1. The number of pyridine rings is 2. The predicted molar refractivity (Wildman–Crippen MR) is 474 cm³/mol. The van der Waals surface area contributed by atoms with E-state index >= 15 is 0 Å². The first-order chi connectivity index (χ1) is 55.5. The second-order valence-electron chi connectivity index (χ2n) is 28.6. The Kier molecular flexibility index (Phi) is 15.5. The highest BCUT2D eigenvalue weighted by Crippen LogP contribution is 2.49. The molecule has 0 radical (unpaired) electrons. The maximum absolute atomic E-state index is 5.54. The van der Waals surface area contributed by atoms with Gasteiger partial charge in [-0.1, -0.05) is 322 Å². The molecule has 0 aliphatic carbocycles. The standard InChI is InChI=1S/C55H33N3S.C49H29N3S/c1-3-13-35(14-4-1)49-33-50(58-55(57-49)37-15-5-2-6-16-37)36-25-23-34(24-26-36)38-28-30-48-47(31-38)54-52(45-21-11-12-22-51(45)59-54)53(56-48)39-27-29-44-42-19-8-7-17-40(42)41-18-9-10-20-43(41)46(44)32-39;1-3-14-30(15-4-1)42-29-43(31-16-5-2-6-17-31)52-49(51-42)39-23-13-24-41-45(39)48-46(38-22-11-12-25-44(38)53-48)47(50-41)32-26-27-37-35-20-8-7-18-33(35)34-19-9-10-21-36(34)40(37)28-32/h1-33H;1-29H. The summed E-state index contributed by atoms with van der Waals surface area (Å²) in [6.45, 7) is 0. The molecule has 0 amide bonds. The average molecular weight is 1460 g/mol. The quantitative estimate of drug-likeness (QED) is 0.134. The van der Waals surface area contributed by atoms with Crippen LogP contribution >= 0.6 is 22.7 Å². The number of hydrogen-bond acceptors (Lipinski definition) is 8. The summed E-state index contributed by atoms with van der Waals surface area (Å²) >= 11 is 3.68. The molecule has 0 spiro atoms. The molecular formula is C104H62N6S2. The minimum atomic E-state index is 0.688. The normalized spacial score (nSPS) is 11.8. The molecule has 0 atom stereocenters. The second kappa shape index (κ2) is 26.8. The first kappa shape index (κ1) is 64.9. The van der Waals surface area contributed by atoms with Gasteiger partial charge in [0.25, 0.3) is 0 Å². The molecule has 0 bridgehead atoms. The van der Waals surface area contributed by atoms with E-state index in [0.29, 0.717) is 11.6 Å². The van der Waals surface area contributed by atoms with Crippen LogP contribution in [0.25, 0.3) is 228 Å². The number of fused-ring (bicyclic) bond motifs is 22. The van der Waals surface area contributed by atoms with Gasteiger partial charge in [-0.25, -0.2) is 29.9 Å². The van der Waals surface area contributed by atoms with Crippen molar-refractivity contribution in [2.75, 3.05) is 0 Å². The van der Waals surface area contributed by atoms with Gasteiger partial charge in [0.15, 0.2) is 11.6 Å². The van der Waals surface area contributed by atoms with Crippen molar-refractivity contribution >= 4 is 149 Å². The summed E-state index contributed by atoms with van der Waals surface area (Å²) in [5.74, 6) is 1.40. The Bertz CT molecular complexity index is 7550. The van der Waals surface area contributed by atoms with Gasteiger partial charge in [-0.05, 0) is 130 Å². The zero-order valence-electron chi connectivity index (χ0n) is 60.3. The summed E-state index contributed by atoms with van der Waals surface area (Å²) in [5, 5.41) is 22.2. The third-order valence-electron chi connectivity index (χ3n) is 22.1. The molecule has 6 aromatic heterocycles. The molecule has 0 aliphatic heterocycles. The summed E-state index contributed by atoms with van der Waals surface area (Å²) in [6, 6.07) is 134. The number of nitrogens with zero attached hydrogens (tertiary/aromatic N) is 6. The van der Waals surface area contributed by atoms with Gasteiger partial charge in [-0.2, -0.15) is 0 Å². The van der Waals surface area contributed by atoms with Gasteiger partial charge in [0, 0.05) is 95.6 Å². The summed E-state index contributed by atoms with van der Waals surface area (Å²) in [5.41, 5.74) is 18.2. The van der Waals surface area contributed by atoms with Gasteiger partial charge < -0.3 is 0 Å². The van der Waals surface area contributed by atoms with Gasteiger partial charge in [0.2, 0.25) is 0 Å². The predicted octanol–water partition coefficient (Wildman–Crippen LogP) is 28.7. The fourth-order valence-corrected chi connectivity index (χ4v) is 19.3. The monoisotopic (exact) mass is 1460 g/mol. The summed E-state index contributed by atoms with van der Waals surface area (Å²) < 4.78 is 4.95. The first-order valence-corrected chi connectivity index (χ1v) is 39.4. The zero-order chi connectivity index (χ0) is 73.7. The molecule has 0 aliphatic rings. The van der Waals surface area contributed by atoms with E-state index in [-0.39, 0.29) is 0 Å². The van der Waals surface area contributed by atoms with E-state index in [4.69, 9.17) is 29.9 Å². The van der Waals surface area contributed by atoms with Crippen molar-refractivity contribution in [2.24, 2.45) is 0 Å². The van der Waals surface area contributed by atoms with Crippen LogP contribution in [-0.2, 0) is 0 Å². The Balaban J connectivity index is 0.000000138. The Morgan fingerprint density at radius 1 is 0.170 bits per heavy atom. The maximum atomic E-state index is 5.54. The Morgan fingerprint density at radius 2 is 0.500 bits per heavy atom. The molecule has 23 rings (SSSR count). The van der Waals surface area contributed by atoms with Gasteiger partial charge in [0.1, 0.15) is 0 Å². The third kappa shape index (κ3) is 11.1. The van der Waals surface area contributed by atoms with E-state index < -0.39 is 0 Å². The Labute approximate surface area is 652 Å². The van der Waals surface area contributed by atoms with Crippen LogP contribution in [0.4, 0.5) is 0 Å². The van der Waals surface area contributed by atoms with E-state index in [0.717, 1.165) is 112 Å². The van der Waals surface area contributed by atoms with E-state index in [1.807, 2.05) is 71.2 Å². The number of benzene rings is 17. The van der Waals surface area contributed by atoms with Crippen molar-refractivity contribution in [1.29, 1.82) is 0 Å². The van der Waals surface area contributed by atoms with E-state index in [1.165, 1.54) is 105 Å². The van der Waals surface area contributed by atoms with Crippen LogP contribution in [-0.4, -0.2) is 29.9 Å². The Hall–Kier alpha value is -14.3. The zero-order valence-corrected chi connectivity index (χ0v) is 61.9. The first-order valence-electron chi connectivity index (χ1n) is 37.8. The average Bonchev–Trinajstić information content (AvgIpc) is 1.45. The minimum Gasteiger partial charge on any atom is -0.247 e. The highest BCUT2D eigenvalue weighted by Gasteiger charge is 2.24. The lowest BCUT2D eigenvalue weighted by molar-refractivity contribution is 1.18. The lowest BCUT2D eigenvalue weighted by Crippen LogP contribution is -1.97. The molecule has 6 heterocycles. The summed E-state index contributed by atoms with van der Waals surface area (Å²) in [6.07, 6.45) is 0. The fraction of sp³-hybridized carbons (Fsp3) is 0. The molecular weight excluding hydrogens is 1400 g/mol. The molecule has 0 fully saturated rings. The van der Waals surface area contributed by atoms with E-state index in [2.05, 4.69) is 328 Å². The molecule has 23 aromatic rings. The lowest BCUT2D eigenvalue weighted by Gasteiger charge is -2.14. The van der Waals surface area contributed by atoms with Crippen LogP contribution in [0.3, 0.4) is 0 Å². The maximum Gasteiger partial charge on any atom is 0.161 e. The van der Waals surface area contributed by atoms with Crippen molar-refractivity contribution in [1.82, 2.24) is 29.9 Å². The molecule has 0 unspecified atom stereocenters. The summed E-state index contributed by atoms with van der Waals surface area (Å²) in [7, 11) is 0. The summed E-state index contributed by atoms with van der Waals surface area (Å²) in [4.78, 5) is 31.6. The van der Waals surface area contributed by atoms with Crippen LogP contribution < -0.4 is 0 Å². The van der Waals surface area contributed by atoms with Crippen LogP contribution in [0.1, 0.15) is 0 Å². The lowest BCUT2D eigenvalue weighted by atomic mass is 9.92. The van der Waals surface area contributed by atoms with Crippen molar-refractivity contribution in [3.63, 3.8) is 0 Å². The van der Waals surface area contributed by atoms with Gasteiger partial charge in [0.05, 0.1) is 45.2 Å². The molecule has 17 aromatic carbocycles. The van der Waals surface area contributed by atoms with Gasteiger partial charge in [-0.15, -0.1) is 22.7 Å². The van der Waals surface area contributed by atoms with Gasteiger partial charge >= 0.3 is 0 Å². The van der Waals surface area contributed by atoms with Crippen molar-refractivity contribution in [3.8, 4) is 101 Å². The largest absolute Gasteiger partial charge is 0.247 e. The second-order valence-corrected chi connectivity index (χ2v) is 30.7. The smallest absolute Gasteiger partial charge is 0.161 e. The number of thiophene rings is 2. The molecule has 0 saturated heterocycles. The fourth-order valence-electron chi connectivity index (χ4n) is 16.8. The molecule has 0 saturated carbocycles. The Morgan fingerprint density at radius 3 is 0.964 bits per heavy atom. The number of hydrogen-bond donors (Lipinski definition) is 0. The molecule has 0 N–H and O–H groups in total. The van der Waals surface area contributed by atoms with Crippen molar-refractivity contribution in [3.05, 3.63) is 376 Å². The minimum absolute atomic E-state index is 0.688. The van der Waals surface area contributed by atoms with Gasteiger partial charge in [-0.3, -0.25) is 0 Å². The highest BCUT2D eigenvalue weighted by molar-refractivity contribution is 7.27. The molecule has 8 heteroatoms. The third-order valence-corrected chi connectivity index (χ3v) is 24.5. The van der Waals surface area contributed by atoms with Crippen LogP contribution in [0.15, 0.2) is 376 Å². The van der Waals surface area contributed by atoms with Crippen molar-refractivity contribution in [2.45, 2.75) is 0 Å².